The van der Waals surface area contributed by atoms with Crippen molar-refractivity contribution in [3.8, 4) is 22.4 Å². The summed E-state index contributed by atoms with van der Waals surface area (Å²) in [6, 6.07) is 24.4. The lowest BCUT2D eigenvalue weighted by atomic mass is 9.82. The third-order valence-electron chi connectivity index (χ3n) is 6.34. The zero-order valence-corrected chi connectivity index (χ0v) is 21.0. The number of hydrogen-bond acceptors (Lipinski definition) is 2. The van der Waals surface area contributed by atoms with Gasteiger partial charge in [-0.25, -0.2) is 0 Å². The highest BCUT2D eigenvalue weighted by atomic mass is 32.1. The molecule has 0 saturated heterocycles. The quantitative estimate of drug-likeness (QED) is 0.266. The topological polar surface area (TPSA) is 12.9 Å². The minimum Gasteiger partial charge on any atom is -0.256 e. The van der Waals surface area contributed by atoms with Crippen molar-refractivity contribution in [1.29, 1.82) is 0 Å². The van der Waals surface area contributed by atoms with Crippen LogP contribution in [-0.2, 0) is 11.8 Å². The first-order chi connectivity index (χ1) is 15.8. The van der Waals surface area contributed by atoms with Crippen LogP contribution in [-0.4, -0.2) is 4.98 Å². The number of thiophene rings is 1. The predicted molar refractivity (Wildman–Crippen MR) is 145 cm³/mol. The lowest BCUT2D eigenvalue weighted by Gasteiger charge is -2.22. The Labute approximate surface area is 201 Å². The predicted octanol–water partition coefficient (Wildman–Crippen LogP) is 9.28. The highest BCUT2D eigenvalue weighted by Crippen LogP contribution is 2.38. The highest BCUT2D eigenvalue weighted by Gasteiger charge is 2.19. The van der Waals surface area contributed by atoms with Crippen molar-refractivity contribution in [1.82, 2.24) is 4.98 Å². The van der Waals surface area contributed by atoms with E-state index in [2.05, 4.69) is 107 Å². The first kappa shape index (κ1) is 21.9. The largest absolute Gasteiger partial charge is 0.256 e. The van der Waals surface area contributed by atoms with Crippen molar-refractivity contribution < 1.29 is 0 Å². The monoisotopic (exact) mass is 449 g/mol. The Morgan fingerprint density at radius 2 is 1.64 bits per heavy atom. The maximum atomic E-state index is 4.79. The van der Waals surface area contributed by atoms with Gasteiger partial charge in [0.1, 0.15) is 0 Å². The van der Waals surface area contributed by atoms with Crippen LogP contribution in [0.4, 0.5) is 0 Å². The van der Waals surface area contributed by atoms with E-state index in [0.717, 1.165) is 12.1 Å². The highest BCUT2D eigenvalue weighted by molar-refractivity contribution is 7.18. The van der Waals surface area contributed by atoms with Crippen molar-refractivity contribution in [2.45, 2.75) is 46.5 Å². The molecule has 0 aliphatic rings. The fourth-order valence-corrected chi connectivity index (χ4v) is 5.89. The first-order valence-corrected chi connectivity index (χ1v) is 12.7. The number of fused-ring (bicyclic) bond motifs is 2. The molecule has 2 heteroatoms. The van der Waals surface area contributed by atoms with Gasteiger partial charge in [-0.05, 0) is 85.8 Å². The molecule has 0 bridgehead atoms. The van der Waals surface area contributed by atoms with Crippen LogP contribution >= 0.6 is 11.3 Å². The maximum absolute atomic E-state index is 4.79. The molecule has 33 heavy (non-hydrogen) atoms. The smallest absolute Gasteiger partial charge is 0.0708 e. The molecule has 2 heterocycles. The Hall–Kier alpha value is -2.97. The van der Waals surface area contributed by atoms with Crippen LogP contribution in [0.1, 0.15) is 45.7 Å². The van der Waals surface area contributed by atoms with E-state index in [0.29, 0.717) is 5.92 Å². The molecular formula is C31H31NS. The molecule has 5 aromatic rings. The van der Waals surface area contributed by atoms with Crippen LogP contribution in [0.25, 0.3) is 43.2 Å². The molecule has 3 aromatic carbocycles. The summed E-state index contributed by atoms with van der Waals surface area (Å²) in [5, 5.41) is 6.33. The molecule has 0 aliphatic carbocycles. The Balaban J connectivity index is 1.64. The summed E-state index contributed by atoms with van der Waals surface area (Å²) in [7, 11) is 0. The number of hydrogen-bond donors (Lipinski definition) is 0. The summed E-state index contributed by atoms with van der Waals surface area (Å²) in [6.07, 6.45) is 3.08. The molecule has 0 spiro atoms. The maximum Gasteiger partial charge on any atom is 0.0708 e. The minimum absolute atomic E-state index is 0.0581. The van der Waals surface area contributed by atoms with Gasteiger partial charge in [0.25, 0.3) is 0 Å². The van der Waals surface area contributed by atoms with Gasteiger partial charge in [-0.2, -0.15) is 0 Å². The van der Waals surface area contributed by atoms with Crippen molar-refractivity contribution >= 4 is 32.2 Å². The molecule has 0 atom stereocenters. The molecule has 0 N–H and O–H groups in total. The average Bonchev–Trinajstić information content (AvgIpc) is 3.20. The van der Waals surface area contributed by atoms with Gasteiger partial charge in [0.2, 0.25) is 0 Å². The lowest BCUT2D eigenvalue weighted by Crippen LogP contribution is -2.12. The molecule has 0 unspecified atom stereocenters. The summed E-state index contributed by atoms with van der Waals surface area (Å²) in [4.78, 5) is 4.79. The lowest BCUT2D eigenvalue weighted by molar-refractivity contribution is 0.596. The van der Waals surface area contributed by atoms with Gasteiger partial charge in [-0.3, -0.25) is 4.98 Å². The molecule has 0 fully saturated rings. The number of rotatable bonds is 4. The molecule has 0 aliphatic heterocycles. The Bertz CT molecular complexity index is 1450. The molecular weight excluding hydrogens is 418 g/mol. The van der Waals surface area contributed by atoms with Crippen molar-refractivity contribution in [3.05, 3.63) is 89.4 Å². The third kappa shape index (κ3) is 4.20. The van der Waals surface area contributed by atoms with E-state index < -0.39 is 0 Å². The van der Waals surface area contributed by atoms with Gasteiger partial charge in [0, 0.05) is 16.5 Å². The van der Waals surface area contributed by atoms with Crippen LogP contribution in [0, 0.1) is 5.92 Å². The van der Waals surface area contributed by atoms with Crippen LogP contribution < -0.4 is 0 Å². The minimum atomic E-state index is 0.0581. The number of benzene rings is 3. The van der Waals surface area contributed by atoms with Gasteiger partial charge < -0.3 is 0 Å². The Morgan fingerprint density at radius 3 is 2.42 bits per heavy atom. The number of pyridine rings is 1. The molecule has 1 nitrogen and oxygen atoms in total. The third-order valence-corrected chi connectivity index (χ3v) is 7.42. The van der Waals surface area contributed by atoms with Crippen LogP contribution in [0.5, 0.6) is 0 Å². The van der Waals surface area contributed by atoms with Crippen LogP contribution in [0.2, 0.25) is 0 Å². The number of nitrogens with zero attached hydrogens (tertiary/aromatic N) is 1. The normalized spacial score (nSPS) is 12.2. The van der Waals surface area contributed by atoms with E-state index in [-0.39, 0.29) is 5.41 Å². The number of aromatic nitrogens is 1. The van der Waals surface area contributed by atoms with E-state index in [9.17, 15) is 0 Å². The average molecular weight is 450 g/mol. The second-order valence-electron chi connectivity index (χ2n) is 10.5. The standard InChI is InChI=1S/C31H31NS/c1-20(2)15-24-19-33-30-26(11-8-12-27(24)30)22-13-14-32-29(18-22)23-16-21-9-6-7-10-25(21)28(17-23)31(3,4)5/h6-14,16-20H,15H2,1-5H3. The fourth-order valence-electron chi connectivity index (χ4n) is 4.77. The Kier molecular flexibility index (Phi) is 5.58. The van der Waals surface area contributed by atoms with Crippen LogP contribution in [0.15, 0.2) is 78.3 Å². The summed E-state index contributed by atoms with van der Waals surface area (Å²) < 4.78 is 1.37. The summed E-state index contributed by atoms with van der Waals surface area (Å²) in [5.41, 5.74) is 7.62. The first-order valence-electron chi connectivity index (χ1n) is 11.8. The zero-order chi connectivity index (χ0) is 23.2. The van der Waals surface area contributed by atoms with E-state index in [1.165, 1.54) is 48.7 Å². The van der Waals surface area contributed by atoms with E-state index in [4.69, 9.17) is 4.98 Å². The van der Waals surface area contributed by atoms with Gasteiger partial charge in [0.15, 0.2) is 0 Å². The van der Waals surface area contributed by atoms with Gasteiger partial charge >= 0.3 is 0 Å². The molecule has 0 saturated carbocycles. The van der Waals surface area contributed by atoms with Crippen molar-refractivity contribution in [2.75, 3.05) is 0 Å². The second-order valence-corrected chi connectivity index (χ2v) is 11.3. The molecule has 0 radical (unpaired) electrons. The van der Waals surface area contributed by atoms with E-state index in [1.54, 1.807) is 0 Å². The summed E-state index contributed by atoms with van der Waals surface area (Å²) in [5.74, 6) is 0.656. The summed E-state index contributed by atoms with van der Waals surface area (Å²) in [6.45, 7) is 11.4. The Morgan fingerprint density at radius 1 is 0.848 bits per heavy atom. The van der Waals surface area contributed by atoms with Gasteiger partial charge in [0.05, 0.1) is 5.69 Å². The van der Waals surface area contributed by atoms with Gasteiger partial charge in [-0.15, -0.1) is 11.3 Å². The molecule has 2 aromatic heterocycles. The summed E-state index contributed by atoms with van der Waals surface area (Å²) >= 11 is 1.87. The van der Waals surface area contributed by atoms with E-state index in [1.807, 2.05) is 17.5 Å². The van der Waals surface area contributed by atoms with Crippen LogP contribution in [0.3, 0.4) is 0 Å². The van der Waals surface area contributed by atoms with Crippen molar-refractivity contribution in [3.63, 3.8) is 0 Å². The zero-order valence-electron chi connectivity index (χ0n) is 20.1. The fraction of sp³-hybridized carbons (Fsp3) is 0.258. The molecule has 0 amide bonds. The molecule has 166 valence electrons. The van der Waals surface area contributed by atoms with E-state index >= 15 is 0 Å². The SMILES string of the molecule is CC(C)Cc1csc2c(-c3ccnc(-c4cc(C(C)(C)C)c5ccccc5c4)c3)cccc12. The molecule has 5 rings (SSSR count). The van der Waals surface area contributed by atoms with Crippen molar-refractivity contribution in [2.24, 2.45) is 5.92 Å². The van der Waals surface area contributed by atoms with Gasteiger partial charge in [-0.1, -0.05) is 77.1 Å². The second kappa shape index (κ2) is 8.43.